The van der Waals surface area contributed by atoms with E-state index in [4.69, 9.17) is 0 Å². The van der Waals surface area contributed by atoms with Crippen molar-refractivity contribution in [3.63, 3.8) is 0 Å². The van der Waals surface area contributed by atoms with E-state index in [1.807, 2.05) is 24.0 Å². The highest BCUT2D eigenvalue weighted by Crippen LogP contribution is 2.22. The first-order valence-corrected chi connectivity index (χ1v) is 8.75. The first-order chi connectivity index (χ1) is 11.6. The number of Topliss-reactive ketones (excluding diaryl/α,β-unsaturated/α-hetero) is 1. The number of hydrogen-bond acceptors (Lipinski definition) is 3. The van der Waals surface area contributed by atoms with Crippen molar-refractivity contribution in [2.24, 2.45) is 5.92 Å². The van der Waals surface area contributed by atoms with Gasteiger partial charge in [0.2, 0.25) is 11.7 Å². The lowest BCUT2D eigenvalue weighted by Gasteiger charge is -2.32. The van der Waals surface area contributed by atoms with Gasteiger partial charge in [0.15, 0.2) is 0 Å². The van der Waals surface area contributed by atoms with Gasteiger partial charge >= 0.3 is 0 Å². The van der Waals surface area contributed by atoms with Crippen molar-refractivity contribution < 1.29 is 14.4 Å². The number of benzene rings is 1. The molecule has 2 saturated heterocycles. The Hall–Kier alpha value is -2.17. The van der Waals surface area contributed by atoms with Crippen LogP contribution in [0.5, 0.6) is 0 Å². The topological polar surface area (TPSA) is 57.7 Å². The summed E-state index contributed by atoms with van der Waals surface area (Å²) in [5.74, 6) is -0.684. The van der Waals surface area contributed by atoms with Crippen molar-refractivity contribution in [2.45, 2.75) is 32.6 Å². The Morgan fingerprint density at radius 1 is 0.875 bits per heavy atom. The highest BCUT2D eigenvalue weighted by molar-refractivity contribution is 6.42. The van der Waals surface area contributed by atoms with E-state index in [2.05, 4.69) is 0 Å². The quantitative estimate of drug-likeness (QED) is 0.630. The Morgan fingerprint density at radius 2 is 1.46 bits per heavy atom. The summed E-state index contributed by atoms with van der Waals surface area (Å²) in [5.41, 5.74) is 1.49. The molecule has 1 aromatic carbocycles. The minimum atomic E-state index is -0.459. The molecule has 5 heteroatoms. The molecule has 0 aromatic heterocycles. The average Bonchev–Trinajstić information content (AvgIpc) is 3.15. The molecule has 2 aliphatic rings. The predicted octanol–water partition coefficient (Wildman–Crippen LogP) is 2.04. The molecule has 2 heterocycles. The van der Waals surface area contributed by atoms with Gasteiger partial charge in [0.25, 0.3) is 5.91 Å². The van der Waals surface area contributed by atoms with Crippen LogP contribution >= 0.6 is 0 Å². The largest absolute Gasteiger partial charge is 0.342 e. The second-order valence-electron chi connectivity index (χ2n) is 6.79. The number of rotatable bonds is 3. The zero-order chi connectivity index (χ0) is 17.1. The van der Waals surface area contributed by atoms with Gasteiger partial charge in [-0.05, 0) is 32.6 Å². The molecule has 0 radical (unpaired) electrons. The molecule has 0 aliphatic carbocycles. The van der Waals surface area contributed by atoms with Crippen molar-refractivity contribution in [3.8, 4) is 0 Å². The van der Waals surface area contributed by atoms with Crippen LogP contribution in [0.2, 0.25) is 0 Å². The molecule has 0 spiro atoms. The molecule has 24 heavy (non-hydrogen) atoms. The van der Waals surface area contributed by atoms with E-state index in [9.17, 15) is 14.4 Å². The molecule has 2 amide bonds. The first-order valence-electron chi connectivity index (χ1n) is 8.75. The maximum absolute atomic E-state index is 12.4. The Morgan fingerprint density at radius 3 is 2.04 bits per heavy atom. The highest BCUT2D eigenvalue weighted by atomic mass is 16.2. The summed E-state index contributed by atoms with van der Waals surface area (Å²) >= 11 is 0. The monoisotopic (exact) mass is 328 g/mol. The van der Waals surface area contributed by atoms with E-state index in [1.165, 1.54) is 0 Å². The highest BCUT2D eigenvalue weighted by Gasteiger charge is 2.33. The fourth-order valence-electron chi connectivity index (χ4n) is 3.50. The fraction of sp³-hybridized carbons (Fsp3) is 0.526. The van der Waals surface area contributed by atoms with Gasteiger partial charge in [-0.15, -0.1) is 0 Å². The standard InChI is InChI=1S/C19H24N2O3/c1-14-4-6-15(7-5-14)17(22)19(24)21-12-8-16(9-13-21)18(23)20-10-2-3-11-20/h4-7,16H,2-3,8-13H2,1H3. The molecule has 0 N–H and O–H groups in total. The number of ketones is 1. The normalized spacial score (nSPS) is 18.7. The molecule has 128 valence electrons. The summed E-state index contributed by atoms with van der Waals surface area (Å²) in [6, 6.07) is 7.06. The van der Waals surface area contributed by atoms with Crippen molar-refractivity contribution in [1.82, 2.24) is 9.80 Å². The van der Waals surface area contributed by atoms with Gasteiger partial charge in [-0.3, -0.25) is 14.4 Å². The maximum Gasteiger partial charge on any atom is 0.294 e. The number of likely N-dealkylation sites (tertiary alicyclic amines) is 2. The Bertz CT molecular complexity index is 625. The third kappa shape index (κ3) is 3.50. The summed E-state index contributed by atoms with van der Waals surface area (Å²) in [4.78, 5) is 40.7. The molecule has 0 bridgehead atoms. The van der Waals surface area contributed by atoms with E-state index < -0.39 is 11.7 Å². The minimum Gasteiger partial charge on any atom is -0.342 e. The van der Waals surface area contributed by atoms with Crippen molar-refractivity contribution >= 4 is 17.6 Å². The van der Waals surface area contributed by atoms with Crippen LogP contribution in [0.1, 0.15) is 41.6 Å². The Labute approximate surface area is 142 Å². The van der Waals surface area contributed by atoms with Gasteiger partial charge in [-0.25, -0.2) is 0 Å². The SMILES string of the molecule is Cc1ccc(C(=O)C(=O)N2CCC(C(=O)N3CCCC3)CC2)cc1. The summed E-state index contributed by atoms with van der Waals surface area (Å²) in [6.45, 7) is 4.65. The number of nitrogens with zero attached hydrogens (tertiary/aromatic N) is 2. The zero-order valence-electron chi connectivity index (χ0n) is 14.2. The van der Waals surface area contributed by atoms with Crippen LogP contribution in [0.3, 0.4) is 0 Å². The molecule has 0 saturated carbocycles. The fourth-order valence-corrected chi connectivity index (χ4v) is 3.50. The van der Waals surface area contributed by atoms with Crippen LogP contribution in [0.15, 0.2) is 24.3 Å². The van der Waals surface area contributed by atoms with E-state index in [0.717, 1.165) is 31.5 Å². The smallest absolute Gasteiger partial charge is 0.294 e. The lowest BCUT2D eigenvalue weighted by atomic mass is 9.94. The van der Waals surface area contributed by atoms with Crippen LogP contribution in [-0.2, 0) is 9.59 Å². The van der Waals surface area contributed by atoms with Crippen molar-refractivity contribution in [2.75, 3.05) is 26.2 Å². The number of amides is 2. The Kier molecular flexibility index (Phi) is 4.97. The lowest BCUT2D eigenvalue weighted by molar-refractivity contribution is -0.138. The molecule has 2 fully saturated rings. The van der Waals surface area contributed by atoms with Gasteiger partial charge in [0.05, 0.1) is 0 Å². The van der Waals surface area contributed by atoms with E-state index in [1.54, 1.807) is 17.0 Å². The Balaban J connectivity index is 1.55. The van der Waals surface area contributed by atoms with Gasteiger partial charge in [-0.2, -0.15) is 0 Å². The maximum atomic E-state index is 12.4. The zero-order valence-corrected chi connectivity index (χ0v) is 14.2. The van der Waals surface area contributed by atoms with Gasteiger partial charge in [0.1, 0.15) is 0 Å². The van der Waals surface area contributed by atoms with Gasteiger partial charge in [0, 0.05) is 37.7 Å². The number of hydrogen-bond donors (Lipinski definition) is 0. The molecular formula is C19H24N2O3. The average molecular weight is 328 g/mol. The number of piperidine rings is 1. The van der Waals surface area contributed by atoms with Crippen LogP contribution in [-0.4, -0.2) is 53.6 Å². The summed E-state index contributed by atoms with van der Waals surface area (Å²) in [7, 11) is 0. The van der Waals surface area contributed by atoms with Crippen LogP contribution in [0.4, 0.5) is 0 Å². The van der Waals surface area contributed by atoms with E-state index in [-0.39, 0.29) is 11.8 Å². The molecular weight excluding hydrogens is 304 g/mol. The third-order valence-corrected chi connectivity index (χ3v) is 5.06. The molecule has 0 atom stereocenters. The molecule has 3 rings (SSSR count). The summed E-state index contributed by atoms with van der Waals surface area (Å²) < 4.78 is 0. The van der Waals surface area contributed by atoms with E-state index >= 15 is 0 Å². The predicted molar refractivity (Wildman–Crippen MR) is 90.6 cm³/mol. The number of aryl methyl sites for hydroxylation is 1. The van der Waals surface area contributed by atoms with Gasteiger partial charge < -0.3 is 9.80 Å². The number of carbonyl (C=O) groups excluding carboxylic acids is 3. The van der Waals surface area contributed by atoms with Crippen molar-refractivity contribution in [1.29, 1.82) is 0 Å². The third-order valence-electron chi connectivity index (χ3n) is 5.06. The van der Waals surface area contributed by atoms with Crippen LogP contribution in [0.25, 0.3) is 0 Å². The molecule has 0 unspecified atom stereocenters. The van der Waals surface area contributed by atoms with Gasteiger partial charge in [-0.1, -0.05) is 29.8 Å². The molecule has 5 nitrogen and oxygen atoms in total. The van der Waals surface area contributed by atoms with Crippen LogP contribution < -0.4 is 0 Å². The summed E-state index contributed by atoms with van der Waals surface area (Å²) in [5, 5.41) is 0. The molecule has 2 aliphatic heterocycles. The first kappa shape index (κ1) is 16.7. The second kappa shape index (κ2) is 7.16. The van der Waals surface area contributed by atoms with Crippen molar-refractivity contribution in [3.05, 3.63) is 35.4 Å². The molecule has 1 aromatic rings. The number of carbonyl (C=O) groups is 3. The van der Waals surface area contributed by atoms with E-state index in [0.29, 0.717) is 31.5 Å². The van der Waals surface area contributed by atoms with Crippen LogP contribution in [0, 0.1) is 12.8 Å². The lowest BCUT2D eigenvalue weighted by Crippen LogP contribution is -2.45. The summed E-state index contributed by atoms with van der Waals surface area (Å²) in [6.07, 6.45) is 3.49. The minimum absolute atomic E-state index is 0.00151. The second-order valence-corrected chi connectivity index (χ2v) is 6.79.